The van der Waals surface area contributed by atoms with E-state index in [1.807, 2.05) is 5.01 Å². The van der Waals surface area contributed by atoms with Crippen molar-refractivity contribution >= 4 is 22.7 Å². The molecule has 0 atom stereocenters. The van der Waals surface area contributed by atoms with Gasteiger partial charge in [0.2, 0.25) is 0 Å². The molecule has 0 saturated heterocycles. The van der Waals surface area contributed by atoms with Crippen molar-refractivity contribution in [2.24, 2.45) is 5.10 Å². The highest BCUT2D eigenvalue weighted by Gasteiger charge is 2.43. The van der Waals surface area contributed by atoms with Crippen LogP contribution in [0.5, 0.6) is 0 Å². The zero-order chi connectivity index (χ0) is 25.6. The van der Waals surface area contributed by atoms with Crippen LogP contribution in [0.1, 0.15) is 93.3 Å². The van der Waals surface area contributed by atoms with E-state index in [9.17, 15) is 0 Å². The maximum Gasteiger partial charge on any atom is 0.0982 e. The predicted octanol–water partition coefficient (Wildman–Crippen LogP) is 6.36. The predicted molar refractivity (Wildman–Crippen MR) is 154 cm³/mol. The third-order valence-electron chi connectivity index (χ3n) is 9.07. The normalized spacial score (nSPS) is 21.9. The summed E-state index contributed by atoms with van der Waals surface area (Å²) >= 11 is 0. The number of benzene rings is 2. The molecule has 1 aliphatic carbocycles. The van der Waals surface area contributed by atoms with Crippen LogP contribution in [0, 0.1) is 0 Å². The summed E-state index contributed by atoms with van der Waals surface area (Å²) < 4.78 is 0. The SMILES string of the molecule is CCN1c2cc3c(cc2C(C)=CC1(C)C)/C(=N\N(C)C)c1cc2c4c(c1C3(C)C)CCCN4CCC2. The smallest absolute Gasteiger partial charge is 0.0982 e. The van der Waals surface area contributed by atoms with Gasteiger partial charge < -0.3 is 14.8 Å². The van der Waals surface area contributed by atoms with Crippen molar-refractivity contribution in [1.29, 1.82) is 0 Å². The van der Waals surface area contributed by atoms with Gasteiger partial charge in [0.05, 0.1) is 11.3 Å². The highest BCUT2D eigenvalue weighted by atomic mass is 15.4. The van der Waals surface area contributed by atoms with Crippen molar-refractivity contribution < 1.29 is 0 Å². The Morgan fingerprint density at radius 1 is 0.944 bits per heavy atom. The molecule has 36 heavy (non-hydrogen) atoms. The minimum atomic E-state index is -0.0888. The van der Waals surface area contributed by atoms with Crippen LogP contribution in [0.3, 0.4) is 0 Å². The first kappa shape index (κ1) is 23.6. The van der Waals surface area contributed by atoms with Crippen LogP contribution in [0.25, 0.3) is 5.57 Å². The number of hydrogen-bond acceptors (Lipinski definition) is 4. The molecular weight excluding hydrogens is 440 g/mol. The van der Waals surface area contributed by atoms with E-state index in [2.05, 4.69) is 89.7 Å². The number of hydrazone groups is 1. The second kappa shape index (κ2) is 7.87. The van der Waals surface area contributed by atoms with E-state index < -0.39 is 0 Å². The molecule has 0 spiro atoms. The minimum absolute atomic E-state index is 0.00289. The number of rotatable bonds is 2. The standard InChI is InChI=1S/C32H42N4/c1-9-36-27-18-26-24(17-23(27)20(2)19-31(36,3)4)29(33-34(7)8)25-16-21-12-10-14-35-15-11-13-22(30(21)35)28(25)32(26,5)6/h16-19H,9-15H2,1-8H3/b33-29+. The average Bonchev–Trinajstić information content (AvgIpc) is 2.81. The van der Waals surface area contributed by atoms with E-state index in [1.165, 1.54) is 83.4 Å². The van der Waals surface area contributed by atoms with Crippen molar-refractivity contribution in [3.8, 4) is 0 Å². The Labute approximate surface area is 217 Å². The van der Waals surface area contributed by atoms with Crippen LogP contribution in [0.4, 0.5) is 11.4 Å². The molecule has 2 aromatic carbocycles. The van der Waals surface area contributed by atoms with E-state index >= 15 is 0 Å². The summed E-state index contributed by atoms with van der Waals surface area (Å²) in [6.07, 6.45) is 7.30. The molecule has 3 aliphatic heterocycles. The van der Waals surface area contributed by atoms with Crippen LogP contribution in [-0.2, 0) is 18.3 Å². The number of likely N-dealkylation sites (N-methyl/N-ethyl adjacent to an activating group) is 1. The molecule has 6 rings (SSSR count). The lowest BCUT2D eigenvalue weighted by molar-refractivity contribution is 0.437. The molecule has 0 N–H and O–H groups in total. The fourth-order valence-corrected chi connectivity index (χ4v) is 7.76. The van der Waals surface area contributed by atoms with Crippen molar-refractivity contribution in [3.63, 3.8) is 0 Å². The summed E-state index contributed by atoms with van der Waals surface area (Å²) in [6.45, 7) is 17.6. The molecule has 0 saturated carbocycles. The van der Waals surface area contributed by atoms with Gasteiger partial charge in [-0.3, -0.25) is 0 Å². The lowest BCUT2D eigenvalue weighted by atomic mass is 9.64. The van der Waals surface area contributed by atoms with Gasteiger partial charge >= 0.3 is 0 Å². The maximum absolute atomic E-state index is 5.19. The third kappa shape index (κ3) is 3.22. The number of hydrogen-bond donors (Lipinski definition) is 0. The third-order valence-corrected chi connectivity index (χ3v) is 9.07. The number of aryl methyl sites for hydroxylation is 1. The summed E-state index contributed by atoms with van der Waals surface area (Å²) in [4.78, 5) is 5.25. The zero-order valence-electron chi connectivity index (χ0n) is 23.5. The van der Waals surface area contributed by atoms with Gasteiger partial charge in [-0.1, -0.05) is 19.9 Å². The Balaban J connectivity index is 1.69. The lowest BCUT2D eigenvalue weighted by Crippen LogP contribution is -2.45. The van der Waals surface area contributed by atoms with Gasteiger partial charge in [-0.05, 0) is 99.4 Å². The molecule has 190 valence electrons. The van der Waals surface area contributed by atoms with Crippen LogP contribution in [0.15, 0.2) is 29.4 Å². The topological polar surface area (TPSA) is 22.1 Å². The van der Waals surface area contributed by atoms with Gasteiger partial charge in [-0.2, -0.15) is 5.10 Å². The quantitative estimate of drug-likeness (QED) is 0.465. The van der Waals surface area contributed by atoms with E-state index in [1.54, 1.807) is 11.3 Å². The molecular formula is C32H42N4. The average molecular weight is 483 g/mol. The van der Waals surface area contributed by atoms with Crippen molar-refractivity contribution in [2.45, 2.75) is 78.2 Å². The Morgan fingerprint density at radius 3 is 2.36 bits per heavy atom. The Morgan fingerprint density at radius 2 is 1.67 bits per heavy atom. The Hall–Kier alpha value is -2.75. The molecule has 4 nitrogen and oxygen atoms in total. The lowest BCUT2D eigenvalue weighted by Gasteiger charge is -2.46. The van der Waals surface area contributed by atoms with E-state index in [-0.39, 0.29) is 11.0 Å². The fourth-order valence-electron chi connectivity index (χ4n) is 7.76. The highest BCUT2D eigenvalue weighted by molar-refractivity contribution is 6.18. The van der Waals surface area contributed by atoms with Gasteiger partial charge in [0, 0.05) is 67.2 Å². The Kier molecular flexibility index (Phi) is 5.17. The summed E-state index contributed by atoms with van der Waals surface area (Å²) in [5, 5.41) is 7.18. The summed E-state index contributed by atoms with van der Waals surface area (Å²) in [6, 6.07) is 7.49. The molecule has 0 unspecified atom stereocenters. The maximum atomic E-state index is 5.19. The van der Waals surface area contributed by atoms with Crippen LogP contribution < -0.4 is 9.80 Å². The van der Waals surface area contributed by atoms with Crippen LogP contribution in [0.2, 0.25) is 0 Å². The zero-order valence-corrected chi connectivity index (χ0v) is 23.5. The molecule has 3 heterocycles. The highest BCUT2D eigenvalue weighted by Crippen LogP contribution is 2.51. The number of fused-ring (bicyclic) bond motifs is 4. The number of nitrogens with zero attached hydrogens (tertiary/aromatic N) is 4. The van der Waals surface area contributed by atoms with Crippen molar-refractivity contribution in [3.05, 3.63) is 63.2 Å². The second-order valence-corrected chi connectivity index (χ2v) is 12.5. The fraction of sp³-hybridized carbons (Fsp3) is 0.531. The van der Waals surface area contributed by atoms with Gasteiger partial charge in [0.25, 0.3) is 0 Å². The molecule has 2 aromatic rings. The first-order valence-corrected chi connectivity index (χ1v) is 13.9. The molecule has 4 heteroatoms. The number of allylic oxidation sites excluding steroid dienone is 1. The molecule has 0 bridgehead atoms. The van der Waals surface area contributed by atoms with E-state index in [4.69, 9.17) is 5.10 Å². The molecule has 0 aromatic heterocycles. The summed E-state index contributed by atoms with van der Waals surface area (Å²) in [7, 11) is 4.11. The summed E-state index contributed by atoms with van der Waals surface area (Å²) in [5.74, 6) is 0. The molecule has 0 fully saturated rings. The van der Waals surface area contributed by atoms with Gasteiger partial charge in [0.1, 0.15) is 0 Å². The molecule has 0 radical (unpaired) electrons. The van der Waals surface area contributed by atoms with Crippen LogP contribution in [-0.4, -0.2) is 50.0 Å². The van der Waals surface area contributed by atoms with Crippen molar-refractivity contribution in [1.82, 2.24) is 5.01 Å². The first-order chi connectivity index (χ1) is 17.0. The minimum Gasteiger partial charge on any atom is -0.371 e. The van der Waals surface area contributed by atoms with E-state index in [0.717, 1.165) is 12.3 Å². The summed E-state index contributed by atoms with van der Waals surface area (Å²) in [5.41, 5.74) is 15.4. The van der Waals surface area contributed by atoms with Gasteiger partial charge in [-0.15, -0.1) is 0 Å². The Bertz CT molecular complexity index is 1320. The number of anilines is 2. The molecule has 0 amide bonds. The van der Waals surface area contributed by atoms with Crippen molar-refractivity contribution in [2.75, 3.05) is 43.5 Å². The van der Waals surface area contributed by atoms with Gasteiger partial charge in [0.15, 0.2) is 0 Å². The molecule has 4 aliphatic rings. The first-order valence-electron chi connectivity index (χ1n) is 13.9. The van der Waals surface area contributed by atoms with Gasteiger partial charge in [-0.25, -0.2) is 0 Å². The largest absolute Gasteiger partial charge is 0.371 e. The monoisotopic (exact) mass is 482 g/mol. The second-order valence-electron chi connectivity index (χ2n) is 12.5. The van der Waals surface area contributed by atoms with E-state index in [0.29, 0.717) is 0 Å². The van der Waals surface area contributed by atoms with Crippen LogP contribution >= 0.6 is 0 Å².